The summed E-state index contributed by atoms with van der Waals surface area (Å²) in [7, 11) is 0. The molecular weight excluding hydrogens is 254 g/mol. The molecule has 1 atom stereocenters. The van der Waals surface area contributed by atoms with Gasteiger partial charge < -0.3 is 4.74 Å². The average molecular weight is 275 g/mol. The van der Waals surface area contributed by atoms with E-state index in [1.807, 2.05) is 18.2 Å². The number of ketones is 1. The highest BCUT2D eigenvalue weighted by Gasteiger charge is 2.31. The lowest BCUT2D eigenvalue weighted by molar-refractivity contribution is -0.146. The summed E-state index contributed by atoms with van der Waals surface area (Å²) < 4.78 is 4.85. The smallest absolute Gasteiger partial charge is 0.313 e. The Hall–Kier alpha value is -1.68. The van der Waals surface area contributed by atoms with E-state index in [4.69, 9.17) is 4.74 Å². The second-order valence-corrected chi connectivity index (χ2v) is 5.06. The van der Waals surface area contributed by atoms with Crippen molar-refractivity contribution in [1.29, 1.82) is 0 Å². The molecule has 1 aliphatic rings. The molecule has 1 aliphatic heterocycles. The number of rotatable bonds is 6. The molecule has 0 N–H and O–H groups in total. The maximum atomic E-state index is 12.2. The molecule has 1 fully saturated rings. The summed E-state index contributed by atoms with van der Waals surface area (Å²) in [6.07, 6.45) is 1.74. The predicted octanol–water partition coefficient (Wildman–Crippen LogP) is 2.17. The van der Waals surface area contributed by atoms with Gasteiger partial charge in [-0.15, -0.1) is 0 Å². The molecule has 1 aromatic rings. The van der Waals surface area contributed by atoms with Crippen LogP contribution in [-0.4, -0.2) is 35.8 Å². The lowest BCUT2D eigenvalue weighted by Gasteiger charge is -2.23. The fourth-order valence-corrected chi connectivity index (χ4v) is 2.67. The van der Waals surface area contributed by atoms with E-state index < -0.39 is 5.97 Å². The van der Waals surface area contributed by atoms with Crippen LogP contribution in [0, 0.1) is 0 Å². The highest BCUT2D eigenvalue weighted by atomic mass is 16.5. The predicted molar refractivity (Wildman–Crippen MR) is 76.1 cm³/mol. The SMILES string of the molecule is CCOC(=O)CC(=O)[C@@H]1CCCN1Cc1ccccc1. The third-order valence-electron chi connectivity index (χ3n) is 3.59. The number of nitrogens with zero attached hydrogens (tertiary/aromatic N) is 1. The van der Waals surface area contributed by atoms with E-state index in [2.05, 4.69) is 17.0 Å². The zero-order valence-electron chi connectivity index (χ0n) is 11.9. The molecule has 2 rings (SSSR count). The van der Waals surface area contributed by atoms with Crippen molar-refractivity contribution in [3.63, 3.8) is 0 Å². The number of hydrogen-bond acceptors (Lipinski definition) is 4. The van der Waals surface area contributed by atoms with Crippen LogP contribution >= 0.6 is 0 Å². The standard InChI is InChI=1S/C16H21NO3/c1-2-20-16(19)11-15(18)14-9-6-10-17(14)12-13-7-4-3-5-8-13/h3-5,7-8,14H,2,6,9-12H2,1H3/t14-/m0/s1. The molecule has 20 heavy (non-hydrogen) atoms. The van der Waals surface area contributed by atoms with Crippen LogP contribution < -0.4 is 0 Å². The number of Topliss-reactive ketones (excluding diaryl/α,β-unsaturated/α-hetero) is 1. The van der Waals surface area contributed by atoms with Crippen LogP contribution in [-0.2, 0) is 20.9 Å². The molecule has 0 bridgehead atoms. The molecular formula is C16H21NO3. The fraction of sp³-hybridized carbons (Fsp3) is 0.500. The molecule has 0 unspecified atom stereocenters. The minimum Gasteiger partial charge on any atom is -0.466 e. The Morgan fingerprint density at radius 2 is 2.05 bits per heavy atom. The first-order valence-corrected chi connectivity index (χ1v) is 7.17. The number of likely N-dealkylation sites (tertiary alicyclic amines) is 1. The van der Waals surface area contributed by atoms with Crippen LogP contribution in [0.4, 0.5) is 0 Å². The van der Waals surface area contributed by atoms with Crippen molar-refractivity contribution in [2.75, 3.05) is 13.2 Å². The highest BCUT2D eigenvalue weighted by molar-refractivity contribution is 5.98. The molecule has 1 heterocycles. The summed E-state index contributed by atoms with van der Waals surface area (Å²) in [4.78, 5) is 25.8. The zero-order chi connectivity index (χ0) is 14.4. The first-order valence-electron chi connectivity index (χ1n) is 7.17. The molecule has 0 amide bonds. The van der Waals surface area contributed by atoms with Gasteiger partial charge in [0.25, 0.3) is 0 Å². The van der Waals surface area contributed by atoms with Crippen molar-refractivity contribution in [2.45, 2.75) is 38.8 Å². The number of esters is 1. The highest BCUT2D eigenvalue weighted by Crippen LogP contribution is 2.21. The lowest BCUT2D eigenvalue weighted by atomic mass is 10.1. The molecule has 1 aromatic carbocycles. The van der Waals surface area contributed by atoms with E-state index in [0.29, 0.717) is 6.61 Å². The Bertz CT molecular complexity index is 458. The van der Waals surface area contributed by atoms with Crippen LogP contribution in [0.3, 0.4) is 0 Å². The first kappa shape index (κ1) is 14.7. The molecule has 4 heteroatoms. The quantitative estimate of drug-likeness (QED) is 0.589. The van der Waals surface area contributed by atoms with E-state index in [1.165, 1.54) is 5.56 Å². The number of carbonyl (C=O) groups excluding carboxylic acids is 2. The summed E-state index contributed by atoms with van der Waals surface area (Å²) in [5.74, 6) is -0.430. The third-order valence-corrected chi connectivity index (χ3v) is 3.59. The molecule has 0 aromatic heterocycles. The van der Waals surface area contributed by atoms with Gasteiger partial charge in [0.2, 0.25) is 0 Å². The van der Waals surface area contributed by atoms with Gasteiger partial charge in [0.15, 0.2) is 5.78 Å². The normalized spacial score (nSPS) is 18.9. The Labute approximate surface area is 119 Å². The zero-order valence-corrected chi connectivity index (χ0v) is 11.9. The van der Waals surface area contributed by atoms with Crippen molar-refractivity contribution in [3.05, 3.63) is 35.9 Å². The van der Waals surface area contributed by atoms with Crippen molar-refractivity contribution in [1.82, 2.24) is 4.90 Å². The Morgan fingerprint density at radius 3 is 2.75 bits per heavy atom. The second kappa shape index (κ2) is 7.20. The van der Waals surface area contributed by atoms with E-state index in [9.17, 15) is 9.59 Å². The monoisotopic (exact) mass is 275 g/mol. The van der Waals surface area contributed by atoms with Gasteiger partial charge in [0.1, 0.15) is 6.42 Å². The molecule has 0 radical (unpaired) electrons. The Balaban J connectivity index is 1.93. The topological polar surface area (TPSA) is 46.6 Å². The summed E-state index contributed by atoms with van der Waals surface area (Å²) in [5.41, 5.74) is 1.20. The number of ether oxygens (including phenoxy) is 1. The Morgan fingerprint density at radius 1 is 1.30 bits per heavy atom. The van der Waals surface area contributed by atoms with Crippen molar-refractivity contribution in [3.8, 4) is 0 Å². The summed E-state index contributed by atoms with van der Waals surface area (Å²) in [5, 5.41) is 0. The largest absolute Gasteiger partial charge is 0.466 e. The lowest BCUT2D eigenvalue weighted by Crippen LogP contribution is -2.36. The van der Waals surface area contributed by atoms with Crippen LogP contribution in [0.2, 0.25) is 0 Å². The van der Waals surface area contributed by atoms with Gasteiger partial charge in [-0.3, -0.25) is 14.5 Å². The molecule has 4 nitrogen and oxygen atoms in total. The van der Waals surface area contributed by atoms with E-state index in [0.717, 1.165) is 25.9 Å². The van der Waals surface area contributed by atoms with Crippen molar-refractivity contribution >= 4 is 11.8 Å². The number of hydrogen-bond donors (Lipinski definition) is 0. The number of benzene rings is 1. The maximum Gasteiger partial charge on any atom is 0.313 e. The first-order chi connectivity index (χ1) is 9.70. The van der Waals surface area contributed by atoms with Gasteiger partial charge in [0.05, 0.1) is 12.6 Å². The van der Waals surface area contributed by atoms with E-state index >= 15 is 0 Å². The molecule has 108 valence electrons. The van der Waals surface area contributed by atoms with Crippen molar-refractivity contribution < 1.29 is 14.3 Å². The van der Waals surface area contributed by atoms with Crippen LogP contribution in [0.25, 0.3) is 0 Å². The third kappa shape index (κ3) is 3.90. The molecule has 0 aliphatic carbocycles. The van der Waals surface area contributed by atoms with Crippen LogP contribution in [0.5, 0.6) is 0 Å². The van der Waals surface area contributed by atoms with Crippen LogP contribution in [0.1, 0.15) is 31.7 Å². The minimum atomic E-state index is -0.413. The van der Waals surface area contributed by atoms with Gasteiger partial charge in [-0.25, -0.2) is 0 Å². The average Bonchev–Trinajstić information content (AvgIpc) is 2.88. The van der Waals surface area contributed by atoms with E-state index in [-0.39, 0.29) is 18.2 Å². The van der Waals surface area contributed by atoms with Gasteiger partial charge in [-0.05, 0) is 31.9 Å². The fourth-order valence-electron chi connectivity index (χ4n) is 2.67. The minimum absolute atomic E-state index is 0.0168. The summed E-state index contributed by atoms with van der Waals surface area (Å²) in [6, 6.07) is 9.97. The number of carbonyl (C=O) groups is 2. The molecule has 1 saturated heterocycles. The van der Waals surface area contributed by atoms with Crippen molar-refractivity contribution in [2.24, 2.45) is 0 Å². The molecule has 0 saturated carbocycles. The van der Waals surface area contributed by atoms with Gasteiger partial charge >= 0.3 is 5.97 Å². The summed E-state index contributed by atoms with van der Waals surface area (Å²) >= 11 is 0. The van der Waals surface area contributed by atoms with Gasteiger partial charge in [0, 0.05) is 6.54 Å². The maximum absolute atomic E-state index is 12.2. The van der Waals surface area contributed by atoms with Gasteiger partial charge in [-0.2, -0.15) is 0 Å². The van der Waals surface area contributed by atoms with Crippen LogP contribution in [0.15, 0.2) is 30.3 Å². The Kier molecular flexibility index (Phi) is 5.30. The van der Waals surface area contributed by atoms with E-state index in [1.54, 1.807) is 6.92 Å². The molecule has 0 spiro atoms. The summed E-state index contributed by atoms with van der Waals surface area (Å²) in [6.45, 7) is 3.75. The van der Waals surface area contributed by atoms with Gasteiger partial charge in [-0.1, -0.05) is 30.3 Å². The second-order valence-electron chi connectivity index (χ2n) is 5.06.